The van der Waals surface area contributed by atoms with Crippen LogP contribution in [0.15, 0.2) is 61.2 Å². The average molecular weight is 315 g/mol. The van der Waals surface area contributed by atoms with Gasteiger partial charge in [0.25, 0.3) is 0 Å². The Bertz CT molecular complexity index is 1030. The van der Waals surface area contributed by atoms with Gasteiger partial charge in [-0.2, -0.15) is 0 Å². The number of nitrogens with zero attached hydrogens (tertiary/aromatic N) is 4. The van der Waals surface area contributed by atoms with Crippen LogP contribution >= 0.6 is 0 Å². The van der Waals surface area contributed by atoms with Crippen molar-refractivity contribution >= 4 is 22.5 Å². The summed E-state index contributed by atoms with van der Waals surface area (Å²) in [5.74, 6) is 1.49. The summed E-state index contributed by atoms with van der Waals surface area (Å²) in [6.45, 7) is 6.45. The Morgan fingerprint density at radius 2 is 1.88 bits per heavy atom. The van der Waals surface area contributed by atoms with Crippen LogP contribution in [0, 0.1) is 6.92 Å². The van der Waals surface area contributed by atoms with Gasteiger partial charge >= 0.3 is 0 Å². The molecule has 5 heteroatoms. The normalized spacial score (nSPS) is 11.0. The lowest BCUT2D eigenvalue weighted by Crippen LogP contribution is -2.07. The number of aryl methyl sites for hydroxylation is 1. The highest BCUT2D eigenvalue weighted by atomic mass is 15.3. The molecule has 0 fully saturated rings. The molecule has 0 radical (unpaired) electrons. The molecule has 0 aliphatic heterocycles. The van der Waals surface area contributed by atoms with Crippen molar-refractivity contribution in [1.82, 2.24) is 19.6 Å². The van der Waals surface area contributed by atoms with E-state index in [1.54, 1.807) is 6.08 Å². The van der Waals surface area contributed by atoms with E-state index in [2.05, 4.69) is 53.3 Å². The number of anilines is 1. The number of hydrogen-bond donors (Lipinski definition) is 1. The summed E-state index contributed by atoms with van der Waals surface area (Å²) in [7, 11) is 0. The summed E-state index contributed by atoms with van der Waals surface area (Å²) in [5, 5.41) is 13.1. The van der Waals surface area contributed by atoms with E-state index in [4.69, 9.17) is 4.98 Å². The fraction of sp³-hybridized carbons (Fsp3) is 0.105. The molecule has 0 aliphatic rings. The van der Waals surface area contributed by atoms with E-state index < -0.39 is 0 Å². The molecule has 0 unspecified atom stereocenters. The van der Waals surface area contributed by atoms with E-state index in [-0.39, 0.29) is 0 Å². The lowest BCUT2D eigenvalue weighted by atomic mass is 10.1. The van der Waals surface area contributed by atoms with Crippen LogP contribution in [0.25, 0.3) is 27.9 Å². The largest absolute Gasteiger partial charge is 0.352 e. The number of benzene rings is 2. The quantitative estimate of drug-likeness (QED) is 0.581. The zero-order valence-electron chi connectivity index (χ0n) is 13.4. The highest BCUT2D eigenvalue weighted by molar-refractivity contribution is 5.93. The second-order valence-electron chi connectivity index (χ2n) is 5.67. The Kier molecular flexibility index (Phi) is 3.46. The van der Waals surface area contributed by atoms with E-state index in [0.29, 0.717) is 12.5 Å². The molecule has 24 heavy (non-hydrogen) atoms. The monoisotopic (exact) mass is 315 g/mol. The van der Waals surface area contributed by atoms with Crippen LogP contribution in [0.2, 0.25) is 0 Å². The van der Waals surface area contributed by atoms with Crippen LogP contribution in [0.1, 0.15) is 5.56 Å². The first-order valence-corrected chi connectivity index (χ1v) is 7.83. The molecule has 0 saturated carbocycles. The molecule has 118 valence electrons. The first-order chi connectivity index (χ1) is 11.8. The number of nitrogens with one attached hydrogen (secondary N) is 1. The van der Waals surface area contributed by atoms with Gasteiger partial charge in [-0.25, -0.2) is 9.38 Å². The van der Waals surface area contributed by atoms with Crippen molar-refractivity contribution < 1.29 is 0 Å². The van der Waals surface area contributed by atoms with Crippen LogP contribution in [0.3, 0.4) is 0 Å². The van der Waals surface area contributed by atoms with E-state index in [1.807, 2.05) is 28.7 Å². The minimum absolute atomic E-state index is 0.617. The highest BCUT2D eigenvalue weighted by Gasteiger charge is 2.15. The molecule has 4 rings (SSSR count). The van der Waals surface area contributed by atoms with Crippen LogP contribution in [-0.4, -0.2) is 26.1 Å². The van der Waals surface area contributed by atoms with Gasteiger partial charge in [-0.1, -0.05) is 48.0 Å². The lowest BCUT2D eigenvalue weighted by molar-refractivity contribution is 1.07. The summed E-state index contributed by atoms with van der Waals surface area (Å²) < 4.78 is 1.97. The van der Waals surface area contributed by atoms with Crippen molar-refractivity contribution in [1.29, 1.82) is 0 Å². The van der Waals surface area contributed by atoms with Crippen molar-refractivity contribution in [2.24, 2.45) is 0 Å². The Morgan fingerprint density at radius 3 is 2.67 bits per heavy atom. The molecule has 0 amide bonds. The van der Waals surface area contributed by atoms with Gasteiger partial charge in [0.05, 0.1) is 5.52 Å². The summed E-state index contributed by atoms with van der Waals surface area (Å²) >= 11 is 0. The summed E-state index contributed by atoms with van der Waals surface area (Å²) in [6.07, 6.45) is 1.80. The number of hydrogen-bond acceptors (Lipinski definition) is 4. The van der Waals surface area contributed by atoms with Gasteiger partial charge in [0.1, 0.15) is 0 Å². The fourth-order valence-corrected chi connectivity index (χ4v) is 2.76. The van der Waals surface area contributed by atoms with Gasteiger partial charge < -0.3 is 5.32 Å². The lowest BCUT2D eigenvalue weighted by Gasteiger charge is -2.10. The summed E-state index contributed by atoms with van der Waals surface area (Å²) in [6, 6.07) is 16.2. The molecule has 0 saturated heterocycles. The molecule has 5 nitrogen and oxygen atoms in total. The van der Waals surface area contributed by atoms with Crippen molar-refractivity contribution in [3.8, 4) is 11.4 Å². The van der Waals surface area contributed by atoms with E-state index >= 15 is 0 Å². The Labute approximate surface area is 139 Å². The number of fused-ring (bicyclic) bond motifs is 3. The Hall–Kier alpha value is -3.21. The van der Waals surface area contributed by atoms with Crippen LogP contribution in [0.4, 0.5) is 5.95 Å². The Morgan fingerprint density at radius 1 is 1.08 bits per heavy atom. The maximum absolute atomic E-state index is 4.74. The van der Waals surface area contributed by atoms with Crippen LogP contribution in [-0.2, 0) is 0 Å². The standard InChI is InChI=1S/C19H17N5/c1-3-12-20-19-21-16-7-5-4-6-15(16)18-23-22-17(24(18)19)14-10-8-13(2)9-11-14/h3-11H,1,12H2,2H3,(H,20,21). The minimum atomic E-state index is 0.617. The third-order valence-electron chi connectivity index (χ3n) is 3.96. The van der Waals surface area contributed by atoms with Gasteiger partial charge in [-0.05, 0) is 19.1 Å². The molecule has 2 heterocycles. The topological polar surface area (TPSA) is 55.1 Å². The van der Waals surface area contributed by atoms with Crippen molar-refractivity contribution in [2.75, 3.05) is 11.9 Å². The molecule has 0 atom stereocenters. The third-order valence-corrected chi connectivity index (χ3v) is 3.96. The van der Waals surface area contributed by atoms with Crippen molar-refractivity contribution in [3.63, 3.8) is 0 Å². The fourth-order valence-electron chi connectivity index (χ4n) is 2.76. The number of aromatic nitrogens is 4. The first-order valence-electron chi connectivity index (χ1n) is 7.83. The van der Waals surface area contributed by atoms with Crippen LogP contribution in [0.5, 0.6) is 0 Å². The third kappa shape index (κ3) is 2.31. The summed E-state index contributed by atoms with van der Waals surface area (Å²) in [4.78, 5) is 4.74. The van der Waals surface area contributed by atoms with E-state index in [1.165, 1.54) is 5.56 Å². The molecular weight excluding hydrogens is 298 g/mol. The van der Waals surface area contributed by atoms with Crippen molar-refractivity contribution in [3.05, 3.63) is 66.7 Å². The molecule has 2 aromatic carbocycles. The minimum Gasteiger partial charge on any atom is -0.352 e. The van der Waals surface area contributed by atoms with E-state index in [9.17, 15) is 0 Å². The molecule has 0 bridgehead atoms. The van der Waals surface area contributed by atoms with Gasteiger partial charge in [0, 0.05) is 17.5 Å². The number of rotatable bonds is 4. The second-order valence-corrected chi connectivity index (χ2v) is 5.67. The van der Waals surface area contributed by atoms with Crippen LogP contribution < -0.4 is 5.32 Å². The van der Waals surface area contributed by atoms with E-state index in [0.717, 1.165) is 27.9 Å². The SMILES string of the molecule is C=CCNc1nc2ccccc2c2nnc(-c3ccc(C)cc3)n12. The maximum Gasteiger partial charge on any atom is 0.211 e. The maximum atomic E-state index is 4.74. The molecule has 2 aromatic heterocycles. The molecule has 1 N–H and O–H groups in total. The second kappa shape index (κ2) is 5.77. The summed E-state index contributed by atoms with van der Waals surface area (Å²) in [5.41, 5.74) is 3.90. The molecule has 0 spiro atoms. The highest BCUT2D eigenvalue weighted by Crippen LogP contribution is 2.26. The zero-order valence-corrected chi connectivity index (χ0v) is 13.4. The molecule has 4 aromatic rings. The zero-order chi connectivity index (χ0) is 16.5. The van der Waals surface area contributed by atoms with Gasteiger partial charge in [-0.15, -0.1) is 16.8 Å². The first kappa shape index (κ1) is 14.4. The Balaban J connectivity index is 2.03. The van der Waals surface area contributed by atoms with Gasteiger partial charge in [-0.3, -0.25) is 0 Å². The van der Waals surface area contributed by atoms with Gasteiger partial charge in [0.15, 0.2) is 11.5 Å². The van der Waals surface area contributed by atoms with Crippen molar-refractivity contribution in [2.45, 2.75) is 6.92 Å². The average Bonchev–Trinajstić information content (AvgIpc) is 3.06. The molecular formula is C19H17N5. The number of para-hydroxylation sites is 1. The smallest absolute Gasteiger partial charge is 0.211 e. The molecule has 0 aliphatic carbocycles. The van der Waals surface area contributed by atoms with Gasteiger partial charge in [0.2, 0.25) is 5.95 Å². The predicted molar refractivity (Wildman–Crippen MR) is 97.1 cm³/mol. The predicted octanol–water partition coefficient (Wildman–Crippen LogP) is 3.85.